The van der Waals surface area contributed by atoms with Gasteiger partial charge in [-0.25, -0.2) is 0 Å². The van der Waals surface area contributed by atoms with E-state index in [9.17, 15) is 0 Å². The lowest BCUT2D eigenvalue weighted by atomic mass is 10.2. The first-order chi connectivity index (χ1) is 9.20. The summed E-state index contributed by atoms with van der Waals surface area (Å²) >= 11 is 0. The SMILES string of the molecule is C=CCCc1cc(CNc2ccccc2N)cn1C. The summed E-state index contributed by atoms with van der Waals surface area (Å²) in [7, 11) is 2.08. The molecule has 0 fully saturated rings. The number of hydrogen-bond acceptors (Lipinski definition) is 2. The number of aryl methyl sites for hydroxylation is 2. The third-order valence-corrected chi connectivity index (χ3v) is 3.21. The lowest BCUT2D eigenvalue weighted by Crippen LogP contribution is -2.01. The summed E-state index contributed by atoms with van der Waals surface area (Å²) in [5.41, 5.74) is 10.3. The van der Waals surface area contributed by atoms with Crippen molar-refractivity contribution in [3.8, 4) is 0 Å². The Morgan fingerprint density at radius 1 is 1.37 bits per heavy atom. The molecule has 100 valence electrons. The van der Waals surface area contributed by atoms with Crippen LogP contribution in [0.2, 0.25) is 0 Å². The van der Waals surface area contributed by atoms with Crippen LogP contribution in [0.4, 0.5) is 11.4 Å². The van der Waals surface area contributed by atoms with E-state index in [0.29, 0.717) is 0 Å². The first kappa shape index (κ1) is 13.3. The zero-order valence-electron chi connectivity index (χ0n) is 11.4. The maximum atomic E-state index is 5.91. The van der Waals surface area contributed by atoms with Gasteiger partial charge in [-0.1, -0.05) is 18.2 Å². The molecule has 0 aliphatic rings. The number of nitrogens with zero attached hydrogens (tertiary/aromatic N) is 1. The maximum absolute atomic E-state index is 5.91. The van der Waals surface area contributed by atoms with E-state index in [1.807, 2.05) is 30.3 Å². The van der Waals surface area contributed by atoms with Crippen LogP contribution in [0.25, 0.3) is 0 Å². The van der Waals surface area contributed by atoms with Gasteiger partial charge >= 0.3 is 0 Å². The molecule has 3 nitrogen and oxygen atoms in total. The first-order valence-electron chi connectivity index (χ1n) is 6.54. The maximum Gasteiger partial charge on any atom is 0.0576 e. The molecule has 1 aromatic carbocycles. The van der Waals surface area contributed by atoms with E-state index in [1.165, 1.54) is 11.3 Å². The van der Waals surface area contributed by atoms with Crippen molar-refractivity contribution in [3.05, 3.63) is 60.4 Å². The molecular weight excluding hydrogens is 234 g/mol. The summed E-state index contributed by atoms with van der Waals surface area (Å²) in [4.78, 5) is 0. The molecule has 0 aliphatic heterocycles. The number of nitrogen functional groups attached to an aromatic ring is 1. The van der Waals surface area contributed by atoms with Crippen molar-refractivity contribution >= 4 is 11.4 Å². The number of nitrogens with two attached hydrogens (primary N) is 1. The van der Waals surface area contributed by atoms with Crippen molar-refractivity contribution in [1.82, 2.24) is 4.57 Å². The number of benzene rings is 1. The predicted molar refractivity (Wildman–Crippen MR) is 82.1 cm³/mol. The van der Waals surface area contributed by atoms with Crippen molar-refractivity contribution < 1.29 is 0 Å². The fourth-order valence-electron chi connectivity index (χ4n) is 2.14. The highest BCUT2D eigenvalue weighted by Gasteiger charge is 2.03. The zero-order chi connectivity index (χ0) is 13.7. The highest BCUT2D eigenvalue weighted by atomic mass is 14.9. The summed E-state index contributed by atoms with van der Waals surface area (Å²) in [5, 5.41) is 3.37. The number of hydrogen-bond donors (Lipinski definition) is 2. The zero-order valence-corrected chi connectivity index (χ0v) is 11.4. The van der Waals surface area contributed by atoms with Crippen LogP contribution >= 0.6 is 0 Å². The fraction of sp³-hybridized carbons (Fsp3) is 0.250. The molecule has 0 aliphatic carbocycles. The van der Waals surface area contributed by atoms with Crippen molar-refractivity contribution in [2.24, 2.45) is 7.05 Å². The molecule has 1 aromatic heterocycles. The highest BCUT2D eigenvalue weighted by molar-refractivity contribution is 5.65. The Morgan fingerprint density at radius 3 is 2.89 bits per heavy atom. The lowest BCUT2D eigenvalue weighted by molar-refractivity contribution is 0.810. The Hall–Kier alpha value is -2.16. The molecule has 0 saturated heterocycles. The summed E-state index contributed by atoms with van der Waals surface area (Å²) in [6.07, 6.45) is 6.16. The smallest absolute Gasteiger partial charge is 0.0576 e. The highest BCUT2D eigenvalue weighted by Crippen LogP contribution is 2.18. The Balaban J connectivity index is 2.00. The van der Waals surface area contributed by atoms with Gasteiger partial charge in [0.15, 0.2) is 0 Å². The van der Waals surface area contributed by atoms with Crippen LogP contribution < -0.4 is 11.1 Å². The molecule has 3 N–H and O–H groups in total. The van der Waals surface area contributed by atoms with E-state index in [-0.39, 0.29) is 0 Å². The Morgan fingerprint density at radius 2 is 2.16 bits per heavy atom. The van der Waals surface area contributed by atoms with E-state index in [2.05, 4.69) is 35.8 Å². The molecule has 0 radical (unpaired) electrons. The van der Waals surface area contributed by atoms with Gasteiger partial charge in [-0.3, -0.25) is 0 Å². The lowest BCUT2D eigenvalue weighted by Gasteiger charge is -2.07. The monoisotopic (exact) mass is 255 g/mol. The van der Waals surface area contributed by atoms with Gasteiger partial charge in [-0.15, -0.1) is 6.58 Å². The topological polar surface area (TPSA) is 43.0 Å². The van der Waals surface area contributed by atoms with Crippen LogP contribution in [0.3, 0.4) is 0 Å². The molecule has 1 heterocycles. The average molecular weight is 255 g/mol. The molecule has 2 aromatic rings. The summed E-state index contributed by atoms with van der Waals surface area (Å²) in [6.45, 7) is 4.55. The van der Waals surface area contributed by atoms with Gasteiger partial charge in [0.1, 0.15) is 0 Å². The van der Waals surface area contributed by atoms with Crippen LogP contribution in [-0.4, -0.2) is 4.57 Å². The predicted octanol–water partition coefficient (Wildman–Crippen LogP) is 3.34. The van der Waals surface area contributed by atoms with E-state index in [1.54, 1.807) is 0 Å². The van der Waals surface area contributed by atoms with Crippen molar-refractivity contribution in [3.63, 3.8) is 0 Å². The van der Waals surface area contributed by atoms with Gasteiger partial charge in [-0.2, -0.15) is 0 Å². The molecule has 2 rings (SSSR count). The molecule has 0 amide bonds. The minimum absolute atomic E-state index is 0.783. The molecular formula is C16H21N3. The third kappa shape index (κ3) is 3.41. The Labute approximate surface area is 114 Å². The first-order valence-corrected chi connectivity index (χ1v) is 6.54. The van der Waals surface area contributed by atoms with Gasteiger partial charge in [0.05, 0.1) is 11.4 Å². The minimum Gasteiger partial charge on any atom is -0.397 e. The molecule has 0 atom stereocenters. The van der Waals surface area contributed by atoms with Crippen molar-refractivity contribution in [2.75, 3.05) is 11.1 Å². The average Bonchev–Trinajstić information content (AvgIpc) is 2.76. The number of nitrogens with one attached hydrogen (secondary N) is 1. The van der Waals surface area contributed by atoms with Crippen LogP contribution in [0, 0.1) is 0 Å². The number of allylic oxidation sites excluding steroid dienone is 1. The fourth-order valence-corrected chi connectivity index (χ4v) is 2.14. The molecule has 3 heteroatoms. The largest absolute Gasteiger partial charge is 0.397 e. The van der Waals surface area contributed by atoms with E-state index < -0.39 is 0 Å². The number of para-hydroxylation sites is 2. The number of aromatic nitrogens is 1. The standard InChI is InChI=1S/C16H21N3/c1-3-4-7-14-10-13(12-19(14)2)11-18-16-9-6-5-8-15(16)17/h3,5-6,8-10,12,18H,1,4,7,11,17H2,2H3. The summed E-state index contributed by atoms with van der Waals surface area (Å²) in [5.74, 6) is 0. The second-order valence-electron chi connectivity index (χ2n) is 4.72. The Kier molecular flexibility index (Phi) is 4.29. The number of anilines is 2. The normalized spacial score (nSPS) is 10.4. The molecule has 0 saturated carbocycles. The van der Waals surface area contributed by atoms with Gasteiger partial charge in [0.25, 0.3) is 0 Å². The summed E-state index contributed by atoms with van der Waals surface area (Å²) < 4.78 is 2.18. The molecule has 0 unspecified atom stereocenters. The minimum atomic E-state index is 0.783. The van der Waals surface area contributed by atoms with Crippen LogP contribution in [0.5, 0.6) is 0 Å². The Bertz CT molecular complexity index is 555. The van der Waals surface area contributed by atoms with Crippen LogP contribution in [-0.2, 0) is 20.0 Å². The van der Waals surface area contributed by atoms with E-state index >= 15 is 0 Å². The molecule has 19 heavy (non-hydrogen) atoms. The van der Waals surface area contributed by atoms with Crippen LogP contribution in [0.15, 0.2) is 49.2 Å². The van der Waals surface area contributed by atoms with E-state index in [4.69, 9.17) is 5.73 Å². The quantitative estimate of drug-likeness (QED) is 0.614. The van der Waals surface area contributed by atoms with Gasteiger partial charge in [-0.05, 0) is 36.6 Å². The number of rotatable bonds is 6. The molecule has 0 bridgehead atoms. The second-order valence-corrected chi connectivity index (χ2v) is 4.72. The van der Waals surface area contributed by atoms with E-state index in [0.717, 1.165) is 30.8 Å². The van der Waals surface area contributed by atoms with Crippen LogP contribution in [0.1, 0.15) is 17.7 Å². The van der Waals surface area contributed by atoms with Gasteiger partial charge in [0, 0.05) is 25.5 Å². The second kappa shape index (κ2) is 6.14. The summed E-state index contributed by atoms with van der Waals surface area (Å²) in [6, 6.07) is 10.1. The molecule has 0 spiro atoms. The van der Waals surface area contributed by atoms with Crippen molar-refractivity contribution in [2.45, 2.75) is 19.4 Å². The van der Waals surface area contributed by atoms with Gasteiger partial charge < -0.3 is 15.6 Å². The van der Waals surface area contributed by atoms with Gasteiger partial charge in [0.2, 0.25) is 0 Å². The third-order valence-electron chi connectivity index (χ3n) is 3.21. The van der Waals surface area contributed by atoms with Crippen molar-refractivity contribution in [1.29, 1.82) is 0 Å².